The van der Waals surface area contributed by atoms with Crippen LogP contribution in [0.15, 0.2) is 54.6 Å². The first kappa shape index (κ1) is 14.0. The van der Waals surface area contributed by atoms with Crippen molar-refractivity contribution in [3.63, 3.8) is 0 Å². The lowest BCUT2D eigenvalue weighted by Crippen LogP contribution is -2.26. The number of amides is 1. The summed E-state index contributed by atoms with van der Waals surface area (Å²) in [6, 6.07) is 17.4. The van der Waals surface area contributed by atoms with Crippen LogP contribution in [0.3, 0.4) is 0 Å². The molecule has 0 bridgehead atoms. The first-order valence-electron chi connectivity index (χ1n) is 6.94. The largest absolute Gasteiger partial charge is 0.489 e. The molecule has 1 aliphatic heterocycles. The Hall–Kier alpha value is -2.00. The van der Waals surface area contributed by atoms with Gasteiger partial charge in [0.05, 0.1) is 11.1 Å². The van der Waals surface area contributed by atoms with Crippen molar-refractivity contribution in [1.29, 1.82) is 0 Å². The molecule has 0 aromatic heterocycles. The second-order valence-electron chi connectivity index (χ2n) is 5.04. The predicted octanol–water partition coefficient (Wildman–Crippen LogP) is 3.61. The zero-order valence-electron chi connectivity index (χ0n) is 11.5. The molecule has 0 radical (unpaired) electrons. The van der Waals surface area contributed by atoms with Crippen molar-refractivity contribution in [2.24, 2.45) is 0 Å². The molecule has 0 spiro atoms. The van der Waals surface area contributed by atoms with Crippen molar-refractivity contribution in [1.82, 2.24) is 0 Å². The molecule has 1 heterocycles. The summed E-state index contributed by atoms with van der Waals surface area (Å²) in [5, 5.41) is -0.111. The van der Waals surface area contributed by atoms with Gasteiger partial charge >= 0.3 is 0 Å². The van der Waals surface area contributed by atoms with Gasteiger partial charge in [0.1, 0.15) is 12.4 Å². The number of para-hydroxylation sites is 2. The number of carbonyl (C=O) groups is 1. The summed E-state index contributed by atoms with van der Waals surface area (Å²) in [7, 11) is 0. The van der Waals surface area contributed by atoms with Gasteiger partial charge in [0, 0.05) is 18.5 Å². The molecular weight excluding hydrogens is 286 g/mol. The molecule has 0 aliphatic carbocycles. The second kappa shape index (κ2) is 6.19. The Bertz CT molecular complexity index is 630. The maximum atomic E-state index is 12.0. The molecule has 1 aliphatic rings. The average Bonchev–Trinajstić information content (AvgIpc) is 2.85. The molecule has 4 heteroatoms. The number of benzene rings is 2. The topological polar surface area (TPSA) is 29.5 Å². The molecule has 0 N–H and O–H groups in total. The number of carbonyl (C=O) groups excluding carboxylic acids is 1. The number of alkyl halides is 1. The van der Waals surface area contributed by atoms with E-state index in [0.29, 0.717) is 19.6 Å². The molecule has 108 valence electrons. The van der Waals surface area contributed by atoms with E-state index in [1.165, 1.54) is 0 Å². The van der Waals surface area contributed by atoms with Crippen LogP contribution in [0.5, 0.6) is 5.75 Å². The smallest absolute Gasteiger partial charge is 0.228 e. The number of hydrogen-bond acceptors (Lipinski definition) is 2. The average molecular weight is 302 g/mol. The van der Waals surface area contributed by atoms with E-state index in [1.807, 2.05) is 54.6 Å². The highest BCUT2D eigenvalue weighted by molar-refractivity contribution is 6.24. The number of anilines is 1. The van der Waals surface area contributed by atoms with E-state index >= 15 is 0 Å². The predicted molar refractivity (Wildman–Crippen MR) is 83.8 cm³/mol. The van der Waals surface area contributed by atoms with Gasteiger partial charge in [-0.05, 0) is 18.2 Å². The van der Waals surface area contributed by atoms with Crippen molar-refractivity contribution in [2.45, 2.75) is 18.4 Å². The molecule has 1 fully saturated rings. The molecule has 0 saturated carbocycles. The normalized spacial score (nSPS) is 18.0. The van der Waals surface area contributed by atoms with Crippen LogP contribution in [0.4, 0.5) is 5.69 Å². The Morgan fingerprint density at radius 1 is 1.10 bits per heavy atom. The van der Waals surface area contributed by atoms with Crippen LogP contribution in [0.2, 0.25) is 0 Å². The lowest BCUT2D eigenvalue weighted by molar-refractivity contribution is -0.117. The van der Waals surface area contributed by atoms with E-state index in [-0.39, 0.29) is 11.3 Å². The van der Waals surface area contributed by atoms with Gasteiger partial charge < -0.3 is 9.64 Å². The fraction of sp³-hybridized carbons (Fsp3) is 0.235. The first-order valence-corrected chi connectivity index (χ1v) is 7.38. The molecule has 1 atom stereocenters. The lowest BCUT2D eigenvalue weighted by Gasteiger charge is -2.20. The fourth-order valence-corrected chi connectivity index (χ4v) is 2.74. The monoisotopic (exact) mass is 301 g/mol. The second-order valence-corrected chi connectivity index (χ2v) is 5.65. The number of rotatable bonds is 4. The van der Waals surface area contributed by atoms with Gasteiger partial charge in [0.2, 0.25) is 5.91 Å². The van der Waals surface area contributed by atoms with Crippen LogP contribution in [-0.4, -0.2) is 17.8 Å². The van der Waals surface area contributed by atoms with Gasteiger partial charge in [0.25, 0.3) is 0 Å². The first-order chi connectivity index (χ1) is 10.2. The summed E-state index contributed by atoms with van der Waals surface area (Å²) in [5.41, 5.74) is 1.88. The summed E-state index contributed by atoms with van der Waals surface area (Å²) >= 11 is 6.08. The summed E-state index contributed by atoms with van der Waals surface area (Å²) in [5.74, 6) is 0.887. The van der Waals surface area contributed by atoms with Gasteiger partial charge in [-0.25, -0.2) is 0 Å². The molecule has 21 heavy (non-hydrogen) atoms. The van der Waals surface area contributed by atoms with Crippen LogP contribution in [0.25, 0.3) is 0 Å². The Labute approximate surface area is 129 Å². The third kappa shape index (κ3) is 3.19. The van der Waals surface area contributed by atoms with Crippen LogP contribution < -0.4 is 9.64 Å². The highest BCUT2D eigenvalue weighted by atomic mass is 35.5. The van der Waals surface area contributed by atoms with E-state index in [1.54, 1.807) is 4.90 Å². The maximum Gasteiger partial charge on any atom is 0.228 e. The summed E-state index contributed by atoms with van der Waals surface area (Å²) < 4.78 is 5.78. The lowest BCUT2D eigenvalue weighted by atomic mass is 10.1. The molecule has 2 aromatic rings. The zero-order valence-corrected chi connectivity index (χ0v) is 12.3. The van der Waals surface area contributed by atoms with E-state index in [2.05, 4.69) is 0 Å². The van der Waals surface area contributed by atoms with Crippen molar-refractivity contribution >= 4 is 23.2 Å². The highest BCUT2D eigenvalue weighted by Crippen LogP contribution is 2.28. The Morgan fingerprint density at radius 3 is 2.52 bits per heavy atom. The van der Waals surface area contributed by atoms with Gasteiger partial charge in [-0.1, -0.05) is 36.4 Å². The minimum atomic E-state index is -0.111. The van der Waals surface area contributed by atoms with E-state index in [4.69, 9.17) is 16.3 Å². The van der Waals surface area contributed by atoms with Gasteiger partial charge in [0.15, 0.2) is 0 Å². The zero-order chi connectivity index (χ0) is 14.7. The van der Waals surface area contributed by atoms with Crippen molar-refractivity contribution < 1.29 is 9.53 Å². The Balaban J connectivity index is 1.78. The summed E-state index contributed by atoms with van der Waals surface area (Å²) in [4.78, 5) is 13.8. The fourth-order valence-electron chi connectivity index (χ4n) is 2.47. The Kier molecular flexibility index (Phi) is 4.11. The van der Waals surface area contributed by atoms with Crippen molar-refractivity contribution in [2.75, 3.05) is 11.4 Å². The minimum absolute atomic E-state index is 0.0714. The number of hydrogen-bond donors (Lipinski definition) is 0. The SMILES string of the molecule is O=C1CC(Cl)CN1c1ccccc1COc1ccccc1. The summed E-state index contributed by atoms with van der Waals surface area (Å²) in [6.07, 6.45) is 0.398. The summed E-state index contributed by atoms with van der Waals surface area (Å²) in [6.45, 7) is 0.986. The molecule has 1 amide bonds. The van der Waals surface area contributed by atoms with Gasteiger partial charge in [-0.3, -0.25) is 4.79 Å². The standard InChI is InChI=1S/C17H16ClNO2/c18-14-10-17(20)19(11-14)16-9-5-4-6-13(16)12-21-15-7-2-1-3-8-15/h1-9,14H,10-12H2. The molecule has 1 unspecified atom stereocenters. The van der Waals surface area contributed by atoms with Gasteiger partial charge in [-0.2, -0.15) is 0 Å². The Morgan fingerprint density at radius 2 is 1.81 bits per heavy atom. The van der Waals surface area contributed by atoms with Crippen molar-refractivity contribution in [3.05, 3.63) is 60.2 Å². The highest BCUT2D eigenvalue weighted by Gasteiger charge is 2.30. The van der Waals surface area contributed by atoms with Crippen LogP contribution in [0, 0.1) is 0 Å². The molecule has 3 nitrogen and oxygen atoms in total. The number of nitrogens with zero attached hydrogens (tertiary/aromatic N) is 1. The molecule has 1 saturated heterocycles. The maximum absolute atomic E-state index is 12.0. The number of halogens is 1. The van der Waals surface area contributed by atoms with Crippen LogP contribution in [0.1, 0.15) is 12.0 Å². The number of ether oxygens (including phenoxy) is 1. The molecular formula is C17H16ClNO2. The molecule has 3 rings (SSSR count). The van der Waals surface area contributed by atoms with E-state index < -0.39 is 0 Å². The third-order valence-electron chi connectivity index (χ3n) is 3.50. The van der Waals surface area contributed by atoms with E-state index in [0.717, 1.165) is 17.0 Å². The molecule has 2 aromatic carbocycles. The quantitative estimate of drug-likeness (QED) is 0.807. The van der Waals surface area contributed by atoms with Crippen molar-refractivity contribution in [3.8, 4) is 5.75 Å². The van der Waals surface area contributed by atoms with Crippen LogP contribution in [-0.2, 0) is 11.4 Å². The minimum Gasteiger partial charge on any atom is -0.489 e. The van der Waals surface area contributed by atoms with Gasteiger partial charge in [-0.15, -0.1) is 11.6 Å². The third-order valence-corrected chi connectivity index (χ3v) is 3.79. The van der Waals surface area contributed by atoms with E-state index in [9.17, 15) is 4.79 Å². The van der Waals surface area contributed by atoms with Crippen LogP contribution >= 0.6 is 11.6 Å².